The largest absolute Gasteiger partial charge is 0.489 e. The fraction of sp³-hybridized carbons (Fsp3) is 0.333. The van der Waals surface area contributed by atoms with E-state index in [1.165, 1.54) is 5.56 Å². The van der Waals surface area contributed by atoms with Crippen LogP contribution in [0.4, 0.5) is 0 Å². The second kappa shape index (κ2) is 8.18. The van der Waals surface area contributed by atoms with Gasteiger partial charge in [0.05, 0.1) is 6.10 Å². The van der Waals surface area contributed by atoms with Crippen LogP contribution in [0.2, 0.25) is 5.02 Å². The standard InChI is InChI=1S/C18H22ClNO2/c1-2-13-5-4-8-17(19)16(13)12-22-15-7-3-6-14(11-15)18(21)9-10-20/h3-8,11,18,21H,2,9-10,12,20H2,1H3. The summed E-state index contributed by atoms with van der Waals surface area (Å²) in [6.07, 6.45) is 0.891. The number of benzene rings is 2. The van der Waals surface area contributed by atoms with E-state index in [0.29, 0.717) is 19.6 Å². The van der Waals surface area contributed by atoms with Gasteiger partial charge in [-0.3, -0.25) is 0 Å². The molecule has 2 aromatic rings. The summed E-state index contributed by atoms with van der Waals surface area (Å²) in [5.41, 5.74) is 8.50. The van der Waals surface area contributed by atoms with Crippen LogP contribution in [0.1, 0.15) is 36.1 Å². The van der Waals surface area contributed by atoms with Gasteiger partial charge in [0.1, 0.15) is 12.4 Å². The molecule has 0 amide bonds. The minimum Gasteiger partial charge on any atom is -0.489 e. The summed E-state index contributed by atoms with van der Waals surface area (Å²) in [7, 11) is 0. The van der Waals surface area contributed by atoms with E-state index in [0.717, 1.165) is 28.3 Å². The van der Waals surface area contributed by atoms with Crippen LogP contribution in [0, 0.1) is 0 Å². The van der Waals surface area contributed by atoms with Crippen molar-refractivity contribution in [2.45, 2.75) is 32.5 Å². The van der Waals surface area contributed by atoms with E-state index in [1.54, 1.807) is 0 Å². The molecule has 0 aromatic heterocycles. The summed E-state index contributed by atoms with van der Waals surface area (Å²) < 4.78 is 5.86. The number of aryl methyl sites for hydroxylation is 1. The lowest BCUT2D eigenvalue weighted by atomic mass is 10.1. The van der Waals surface area contributed by atoms with E-state index in [4.69, 9.17) is 22.1 Å². The average Bonchev–Trinajstić information content (AvgIpc) is 2.54. The van der Waals surface area contributed by atoms with Crippen molar-refractivity contribution in [2.75, 3.05) is 6.54 Å². The molecule has 3 N–H and O–H groups in total. The lowest BCUT2D eigenvalue weighted by Crippen LogP contribution is -2.07. The van der Waals surface area contributed by atoms with Gasteiger partial charge < -0.3 is 15.6 Å². The summed E-state index contributed by atoms with van der Waals surface area (Å²) in [5.74, 6) is 0.718. The summed E-state index contributed by atoms with van der Waals surface area (Å²) in [6, 6.07) is 13.4. The van der Waals surface area contributed by atoms with Gasteiger partial charge >= 0.3 is 0 Å². The Hall–Kier alpha value is -1.55. The van der Waals surface area contributed by atoms with Gasteiger partial charge in [-0.05, 0) is 48.7 Å². The molecule has 1 unspecified atom stereocenters. The molecule has 0 saturated heterocycles. The maximum Gasteiger partial charge on any atom is 0.120 e. The smallest absolute Gasteiger partial charge is 0.120 e. The minimum atomic E-state index is -0.555. The Morgan fingerprint density at radius 2 is 2.00 bits per heavy atom. The molecule has 118 valence electrons. The van der Waals surface area contributed by atoms with E-state index in [2.05, 4.69) is 13.0 Å². The van der Waals surface area contributed by atoms with Gasteiger partial charge in [0.25, 0.3) is 0 Å². The SMILES string of the molecule is CCc1cccc(Cl)c1COc1cccc(C(O)CCN)c1. The van der Waals surface area contributed by atoms with Crippen molar-refractivity contribution in [3.05, 3.63) is 64.2 Å². The van der Waals surface area contributed by atoms with Crippen LogP contribution < -0.4 is 10.5 Å². The first-order valence-electron chi connectivity index (χ1n) is 7.52. The molecule has 2 aromatic carbocycles. The molecule has 0 saturated carbocycles. The summed E-state index contributed by atoms with van der Waals surface area (Å²) in [4.78, 5) is 0. The summed E-state index contributed by atoms with van der Waals surface area (Å²) >= 11 is 6.26. The molecule has 0 bridgehead atoms. The van der Waals surface area contributed by atoms with Crippen molar-refractivity contribution >= 4 is 11.6 Å². The Kier molecular flexibility index (Phi) is 6.25. The molecular formula is C18H22ClNO2. The maximum atomic E-state index is 10.00. The predicted molar refractivity (Wildman–Crippen MR) is 90.2 cm³/mol. The Morgan fingerprint density at radius 1 is 1.23 bits per heavy atom. The third kappa shape index (κ3) is 4.23. The van der Waals surface area contributed by atoms with Crippen molar-refractivity contribution in [1.29, 1.82) is 0 Å². The number of aliphatic hydroxyl groups excluding tert-OH is 1. The lowest BCUT2D eigenvalue weighted by molar-refractivity contribution is 0.169. The van der Waals surface area contributed by atoms with Gasteiger partial charge in [-0.2, -0.15) is 0 Å². The summed E-state index contributed by atoms with van der Waals surface area (Å²) in [5, 5.41) is 10.7. The average molecular weight is 320 g/mol. The lowest BCUT2D eigenvalue weighted by Gasteiger charge is -2.14. The van der Waals surface area contributed by atoms with Gasteiger partial charge in [0, 0.05) is 10.6 Å². The number of ether oxygens (including phenoxy) is 1. The molecule has 0 spiro atoms. The topological polar surface area (TPSA) is 55.5 Å². The van der Waals surface area contributed by atoms with Crippen molar-refractivity contribution in [3.8, 4) is 5.75 Å². The van der Waals surface area contributed by atoms with Gasteiger partial charge in [0.2, 0.25) is 0 Å². The summed E-state index contributed by atoms with van der Waals surface area (Å²) in [6.45, 7) is 2.96. The second-order valence-corrected chi connectivity index (χ2v) is 5.59. The van der Waals surface area contributed by atoms with Crippen LogP contribution >= 0.6 is 11.6 Å². The Labute approximate surface area is 136 Å². The number of halogens is 1. The molecule has 0 heterocycles. The molecule has 4 heteroatoms. The van der Waals surface area contributed by atoms with Crippen LogP contribution in [0.25, 0.3) is 0 Å². The zero-order valence-corrected chi connectivity index (χ0v) is 13.5. The van der Waals surface area contributed by atoms with Crippen LogP contribution in [0.15, 0.2) is 42.5 Å². The van der Waals surface area contributed by atoms with Crippen molar-refractivity contribution in [1.82, 2.24) is 0 Å². The monoisotopic (exact) mass is 319 g/mol. The number of rotatable bonds is 7. The Balaban J connectivity index is 2.11. The first kappa shape index (κ1) is 16.8. The fourth-order valence-electron chi connectivity index (χ4n) is 2.39. The molecule has 0 radical (unpaired) electrons. The quantitative estimate of drug-likeness (QED) is 0.814. The van der Waals surface area contributed by atoms with Gasteiger partial charge in [-0.25, -0.2) is 0 Å². The van der Waals surface area contributed by atoms with Crippen LogP contribution in [-0.4, -0.2) is 11.7 Å². The third-order valence-electron chi connectivity index (χ3n) is 3.66. The first-order chi connectivity index (χ1) is 10.7. The highest BCUT2D eigenvalue weighted by molar-refractivity contribution is 6.31. The van der Waals surface area contributed by atoms with E-state index in [-0.39, 0.29) is 0 Å². The highest BCUT2D eigenvalue weighted by Gasteiger charge is 2.09. The minimum absolute atomic E-state index is 0.416. The van der Waals surface area contributed by atoms with E-state index < -0.39 is 6.10 Å². The first-order valence-corrected chi connectivity index (χ1v) is 7.90. The van der Waals surface area contributed by atoms with E-state index >= 15 is 0 Å². The number of hydrogen-bond acceptors (Lipinski definition) is 3. The zero-order valence-electron chi connectivity index (χ0n) is 12.8. The molecule has 0 fully saturated rings. The molecule has 0 aliphatic carbocycles. The molecule has 0 aliphatic rings. The highest BCUT2D eigenvalue weighted by Crippen LogP contribution is 2.25. The van der Waals surface area contributed by atoms with Gasteiger partial charge in [0.15, 0.2) is 0 Å². The third-order valence-corrected chi connectivity index (χ3v) is 4.02. The van der Waals surface area contributed by atoms with Crippen molar-refractivity contribution in [2.24, 2.45) is 5.73 Å². The van der Waals surface area contributed by atoms with Crippen LogP contribution in [0.5, 0.6) is 5.75 Å². The predicted octanol–water partition coefficient (Wildman–Crippen LogP) is 3.86. The normalized spacial score (nSPS) is 12.2. The highest BCUT2D eigenvalue weighted by atomic mass is 35.5. The van der Waals surface area contributed by atoms with Crippen molar-refractivity contribution in [3.63, 3.8) is 0 Å². The molecule has 3 nitrogen and oxygen atoms in total. The Bertz CT molecular complexity index is 616. The van der Waals surface area contributed by atoms with Gasteiger partial charge in [-0.15, -0.1) is 0 Å². The van der Waals surface area contributed by atoms with Gasteiger partial charge in [-0.1, -0.05) is 42.8 Å². The van der Waals surface area contributed by atoms with Crippen LogP contribution in [0.3, 0.4) is 0 Å². The molecule has 0 aliphatic heterocycles. The molecule has 22 heavy (non-hydrogen) atoms. The van der Waals surface area contributed by atoms with E-state index in [1.807, 2.05) is 36.4 Å². The van der Waals surface area contributed by atoms with Crippen molar-refractivity contribution < 1.29 is 9.84 Å². The van der Waals surface area contributed by atoms with E-state index in [9.17, 15) is 5.11 Å². The molecular weight excluding hydrogens is 298 g/mol. The Morgan fingerprint density at radius 3 is 2.73 bits per heavy atom. The number of aliphatic hydroxyl groups is 1. The maximum absolute atomic E-state index is 10.00. The molecule has 2 rings (SSSR count). The van der Waals surface area contributed by atoms with Crippen LogP contribution in [-0.2, 0) is 13.0 Å². The fourth-order valence-corrected chi connectivity index (χ4v) is 2.64. The molecule has 1 atom stereocenters. The number of hydrogen-bond donors (Lipinski definition) is 2. The number of nitrogens with two attached hydrogens (primary N) is 1. The second-order valence-electron chi connectivity index (χ2n) is 5.19. The zero-order chi connectivity index (χ0) is 15.9.